The Balaban J connectivity index is 3.11. The molecule has 0 aromatic heterocycles. The quantitative estimate of drug-likeness (QED) is 0.847. The second-order valence-corrected chi connectivity index (χ2v) is 3.59. The van der Waals surface area contributed by atoms with Crippen molar-refractivity contribution in [3.05, 3.63) is 35.9 Å². The van der Waals surface area contributed by atoms with E-state index in [4.69, 9.17) is 5.11 Å². The number of carbonyl (C=O) groups is 2. The lowest BCUT2D eigenvalue weighted by atomic mass is 9.96. The Morgan fingerprint density at radius 2 is 1.67 bits per heavy atom. The summed E-state index contributed by atoms with van der Waals surface area (Å²) in [4.78, 5) is 21.8. The van der Waals surface area contributed by atoms with Crippen molar-refractivity contribution < 1.29 is 32.6 Å². The van der Waals surface area contributed by atoms with Gasteiger partial charge in [0, 0.05) is 5.56 Å². The molecule has 98 valence electrons. The van der Waals surface area contributed by atoms with Crippen LogP contribution in [0.15, 0.2) is 30.3 Å². The van der Waals surface area contributed by atoms with Gasteiger partial charge in [0.25, 0.3) is 0 Å². The van der Waals surface area contributed by atoms with Crippen LogP contribution in [-0.2, 0) is 19.9 Å². The summed E-state index contributed by atoms with van der Waals surface area (Å²) >= 11 is 0. The van der Waals surface area contributed by atoms with Gasteiger partial charge >= 0.3 is 18.1 Å². The molecule has 0 spiro atoms. The number of aliphatic carboxylic acids is 1. The molecule has 1 N–H and O–H groups in total. The second-order valence-electron chi connectivity index (χ2n) is 3.59. The normalized spacial score (nSPS) is 14.7. The van der Waals surface area contributed by atoms with Crippen molar-refractivity contribution in [2.75, 3.05) is 0 Å². The molecule has 0 aliphatic carbocycles. The summed E-state index contributed by atoms with van der Waals surface area (Å²) < 4.78 is 40.4. The van der Waals surface area contributed by atoms with Gasteiger partial charge in [0.15, 0.2) is 0 Å². The highest BCUT2D eigenvalue weighted by molar-refractivity contribution is 5.84. The summed E-state index contributed by atoms with van der Waals surface area (Å²) in [5.41, 5.74) is -2.44. The number of rotatable bonds is 3. The average molecular weight is 262 g/mol. The van der Waals surface area contributed by atoms with Crippen LogP contribution in [0.25, 0.3) is 0 Å². The molecule has 0 radical (unpaired) electrons. The first-order chi connectivity index (χ1) is 8.18. The maximum atomic E-state index is 12.1. The fourth-order valence-corrected chi connectivity index (χ4v) is 1.23. The van der Waals surface area contributed by atoms with Gasteiger partial charge in [-0.15, -0.1) is 0 Å². The molecule has 18 heavy (non-hydrogen) atoms. The van der Waals surface area contributed by atoms with E-state index in [-0.39, 0.29) is 5.56 Å². The topological polar surface area (TPSA) is 63.6 Å². The van der Waals surface area contributed by atoms with Crippen LogP contribution in [0.5, 0.6) is 0 Å². The van der Waals surface area contributed by atoms with E-state index in [2.05, 4.69) is 4.74 Å². The summed E-state index contributed by atoms with van der Waals surface area (Å²) in [6.07, 6.45) is -5.24. The van der Waals surface area contributed by atoms with E-state index in [1.807, 2.05) is 0 Å². The third-order valence-electron chi connectivity index (χ3n) is 2.26. The zero-order valence-corrected chi connectivity index (χ0v) is 9.19. The number of hydrogen-bond donors (Lipinski definition) is 1. The van der Waals surface area contributed by atoms with Crippen LogP contribution in [0.2, 0.25) is 0 Å². The van der Waals surface area contributed by atoms with E-state index in [1.54, 1.807) is 6.07 Å². The molecule has 7 heteroatoms. The Kier molecular flexibility index (Phi) is 3.64. The Labute approximate surface area is 100.0 Å². The maximum absolute atomic E-state index is 12.1. The van der Waals surface area contributed by atoms with Crippen LogP contribution in [0, 0.1) is 0 Å². The first-order valence-corrected chi connectivity index (χ1v) is 4.77. The lowest BCUT2D eigenvalue weighted by molar-refractivity contribution is -0.217. The molecule has 0 amide bonds. The molecule has 1 atom stereocenters. The molecule has 0 unspecified atom stereocenters. The molecule has 1 aromatic carbocycles. The summed E-state index contributed by atoms with van der Waals surface area (Å²) in [6.45, 7) is 0.883. The number of benzene rings is 1. The van der Waals surface area contributed by atoms with Gasteiger partial charge in [-0.05, 0) is 6.92 Å². The first kappa shape index (κ1) is 14.0. The summed E-state index contributed by atoms with van der Waals surface area (Å²) in [5, 5.41) is 8.96. The SMILES string of the molecule is C[C@@](OC(=O)C(F)(F)F)(C(=O)O)c1ccccc1. The van der Waals surface area contributed by atoms with Crippen molar-refractivity contribution in [2.24, 2.45) is 0 Å². The minimum absolute atomic E-state index is 0.0601. The number of carbonyl (C=O) groups excluding carboxylic acids is 1. The van der Waals surface area contributed by atoms with Crippen LogP contribution in [0.4, 0.5) is 13.2 Å². The fraction of sp³-hybridized carbons (Fsp3) is 0.273. The van der Waals surface area contributed by atoms with E-state index in [0.717, 1.165) is 6.92 Å². The van der Waals surface area contributed by atoms with Crippen LogP contribution < -0.4 is 0 Å². The number of esters is 1. The Bertz CT molecular complexity index is 455. The summed E-state index contributed by atoms with van der Waals surface area (Å²) in [6, 6.07) is 6.93. The number of halogens is 3. The van der Waals surface area contributed by atoms with Crippen LogP contribution in [-0.4, -0.2) is 23.2 Å². The number of hydrogen-bond acceptors (Lipinski definition) is 3. The summed E-state index contributed by atoms with van der Waals surface area (Å²) in [5.74, 6) is -4.23. The van der Waals surface area contributed by atoms with E-state index in [1.165, 1.54) is 24.3 Å². The van der Waals surface area contributed by atoms with Crippen LogP contribution in [0.1, 0.15) is 12.5 Å². The minimum Gasteiger partial charge on any atom is -0.478 e. The highest BCUT2D eigenvalue weighted by atomic mass is 19.4. The molecule has 1 rings (SSSR count). The number of alkyl halides is 3. The number of carboxylic acids is 1. The van der Waals surface area contributed by atoms with Gasteiger partial charge in [0.1, 0.15) is 0 Å². The molecule has 0 saturated heterocycles. The maximum Gasteiger partial charge on any atom is 0.490 e. The van der Waals surface area contributed by atoms with Crippen molar-refractivity contribution >= 4 is 11.9 Å². The molecule has 0 aliphatic heterocycles. The van der Waals surface area contributed by atoms with E-state index < -0.39 is 23.7 Å². The standard InChI is InChI=1S/C11H9F3O4/c1-10(8(15)16,7-5-3-2-4-6-7)18-9(17)11(12,13)14/h2-6H,1H3,(H,15,16)/t10-/m0/s1. The highest BCUT2D eigenvalue weighted by Crippen LogP contribution is 2.29. The molecule has 0 heterocycles. The van der Waals surface area contributed by atoms with E-state index in [9.17, 15) is 22.8 Å². The van der Waals surface area contributed by atoms with Gasteiger partial charge in [-0.1, -0.05) is 30.3 Å². The van der Waals surface area contributed by atoms with Crippen molar-refractivity contribution in [3.8, 4) is 0 Å². The smallest absolute Gasteiger partial charge is 0.478 e. The van der Waals surface area contributed by atoms with Crippen molar-refractivity contribution in [1.82, 2.24) is 0 Å². The predicted molar refractivity (Wildman–Crippen MR) is 53.6 cm³/mol. The zero-order valence-electron chi connectivity index (χ0n) is 9.19. The second kappa shape index (κ2) is 4.67. The van der Waals surface area contributed by atoms with Crippen LogP contribution >= 0.6 is 0 Å². The fourth-order valence-electron chi connectivity index (χ4n) is 1.23. The molecular formula is C11H9F3O4. The molecule has 1 aromatic rings. The third kappa shape index (κ3) is 2.79. The van der Waals surface area contributed by atoms with E-state index in [0.29, 0.717) is 0 Å². The third-order valence-corrected chi connectivity index (χ3v) is 2.26. The molecule has 0 saturated carbocycles. The molecule has 4 nitrogen and oxygen atoms in total. The van der Waals surface area contributed by atoms with Gasteiger partial charge in [-0.2, -0.15) is 13.2 Å². The Morgan fingerprint density at radius 1 is 1.17 bits per heavy atom. The zero-order chi connectivity index (χ0) is 14.0. The molecule has 0 aliphatic rings. The monoisotopic (exact) mass is 262 g/mol. The molecule has 0 bridgehead atoms. The first-order valence-electron chi connectivity index (χ1n) is 4.77. The van der Waals surface area contributed by atoms with Gasteiger partial charge in [0.2, 0.25) is 5.60 Å². The van der Waals surface area contributed by atoms with Crippen molar-refractivity contribution in [2.45, 2.75) is 18.7 Å². The van der Waals surface area contributed by atoms with Crippen molar-refractivity contribution in [3.63, 3.8) is 0 Å². The predicted octanol–water partition coefficient (Wildman–Crippen LogP) is 2.09. The Hall–Kier alpha value is -2.05. The van der Waals surface area contributed by atoms with Crippen molar-refractivity contribution in [1.29, 1.82) is 0 Å². The van der Waals surface area contributed by atoms with Gasteiger partial charge < -0.3 is 9.84 Å². The lowest BCUT2D eigenvalue weighted by Crippen LogP contribution is -2.41. The van der Waals surface area contributed by atoms with Crippen LogP contribution in [0.3, 0.4) is 0 Å². The van der Waals surface area contributed by atoms with Gasteiger partial charge in [-0.3, -0.25) is 0 Å². The highest BCUT2D eigenvalue weighted by Gasteiger charge is 2.48. The Morgan fingerprint density at radius 3 is 2.06 bits per heavy atom. The number of ether oxygens (including phenoxy) is 1. The summed E-state index contributed by atoms with van der Waals surface area (Å²) in [7, 11) is 0. The van der Waals surface area contributed by atoms with Gasteiger partial charge in [-0.25, -0.2) is 9.59 Å². The molecule has 0 fully saturated rings. The largest absolute Gasteiger partial charge is 0.490 e. The number of carboxylic acid groups (broad SMARTS) is 1. The van der Waals surface area contributed by atoms with Gasteiger partial charge in [0.05, 0.1) is 0 Å². The average Bonchev–Trinajstić information content (AvgIpc) is 2.28. The molecular weight excluding hydrogens is 253 g/mol. The van der Waals surface area contributed by atoms with E-state index >= 15 is 0 Å². The lowest BCUT2D eigenvalue weighted by Gasteiger charge is -2.25. The minimum atomic E-state index is -5.24.